The maximum absolute atomic E-state index is 11.1. The van der Waals surface area contributed by atoms with Crippen LogP contribution in [0.3, 0.4) is 0 Å². The van der Waals surface area contributed by atoms with Gasteiger partial charge in [-0.05, 0) is 12.5 Å². The van der Waals surface area contributed by atoms with E-state index in [-0.39, 0.29) is 5.78 Å². The van der Waals surface area contributed by atoms with Crippen LogP contribution in [0.25, 0.3) is 0 Å². The minimum Gasteiger partial charge on any atom is -0.295 e. The first-order valence-corrected chi connectivity index (χ1v) is 5.13. The fraction of sp³-hybridized carbons (Fsp3) is 0.583. The zero-order valence-electron chi connectivity index (χ0n) is 8.59. The van der Waals surface area contributed by atoms with Crippen molar-refractivity contribution in [2.45, 2.75) is 45.4 Å². The molecule has 0 aliphatic heterocycles. The first-order valence-electron chi connectivity index (χ1n) is 5.13. The molecule has 1 heteroatoms. The third-order valence-corrected chi connectivity index (χ3v) is 1.94. The quantitative estimate of drug-likeness (QED) is 0.316. The van der Waals surface area contributed by atoms with Gasteiger partial charge >= 0.3 is 0 Å². The second-order valence-corrected chi connectivity index (χ2v) is 3.23. The molecule has 0 fully saturated rings. The molecule has 0 rings (SSSR count). The fourth-order valence-electron chi connectivity index (χ4n) is 1.16. The van der Waals surface area contributed by atoms with E-state index in [0.717, 1.165) is 6.42 Å². The molecule has 0 aromatic heterocycles. The normalized spacial score (nSPS) is 10.5. The fourth-order valence-corrected chi connectivity index (χ4v) is 1.16. The maximum Gasteiger partial charge on any atom is 0.155 e. The summed E-state index contributed by atoms with van der Waals surface area (Å²) in [6.45, 7) is 5.71. The lowest BCUT2D eigenvalue weighted by Crippen LogP contribution is -1.91. The van der Waals surface area contributed by atoms with Gasteiger partial charge in [-0.2, -0.15) is 0 Å². The molecule has 1 nitrogen and oxygen atoms in total. The monoisotopic (exact) mass is 180 g/mol. The van der Waals surface area contributed by atoms with Gasteiger partial charge in [0.1, 0.15) is 0 Å². The summed E-state index contributed by atoms with van der Waals surface area (Å²) in [5.41, 5.74) is 0. The van der Waals surface area contributed by atoms with Gasteiger partial charge in [0, 0.05) is 6.42 Å². The summed E-state index contributed by atoms with van der Waals surface area (Å²) in [5.74, 6) is 0.219. The number of carbonyl (C=O) groups excluding carboxylic acids is 1. The SMILES string of the molecule is C=C/C=C/C(=O)CCCCCCC. The Morgan fingerprint density at radius 1 is 1.23 bits per heavy atom. The van der Waals surface area contributed by atoms with E-state index in [1.165, 1.54) is 25.7 Å². The summed E-state index contributed by atoms with van der Waals surface area (Å²) in [6, 6.07) is 0. The average Bonchev–Trinajstić information content (AvgIpc) is 2.14. The Morgan fingerprint density at radius 2 is 1.92 bits per heavy atom. The number of unbranched alkanes of at least 4 members (excludes halogenated alkanes) is 4. The zero-order chi connectivity index (χ0) is 9.94. The number of hydrogen-bond donors (Lipinski definition) is 0. The van der Waals surface area contributed by atoms with Crippen molar-refractivity contribution in [1.29, 1.82) is 0 Å². The molecule has 0 bridgehead atoms. The topological polar surface area (TPSA) is 17.1 Å². The summed E-state index contributed by atoms with van der Waals surface area (Å²) < 4.78 is 0. The number of rotatable bonds is 8. The van der Waals surface area contributed by atoms with Crippen LogP contribution in [0.2, 0.25) is 0 Å². The van der Waals surface area contributed by atoms with Crippen LogP contribution in [0.15, 0.2) is 24.8 Å². The van der Waals surface area contributed by atoms with Gasteiger partial charge in [-0.15, -0.1) is 0 Å². The first-order chi connectivity index (χ1) is 6.31. The summed E-state index contributed by atoms with van der Waals surface area (Å²) in [7, 11) is 0. The highest BCUT2D eigenvalue weighted by atomic mass is 16.1. The molecule has 0 aromatic rings. The highest BCUT2D eigenvalue weighted by Crippen LogP contribution is 2.05. The molecule has 0 amide bonds. The van der Waals surface area contributed by atoms with Crippen LogP contribution >= 0.6 is 0 Å². The van der Waals surface area contributed by atoms with E-state index in [9.17, 15) is 4.79 Å². The zero-order valence-corrected chi connectivity index (χ0v) is 8.59. The second-order valence-electron chi connectivity index (χ2n) is 3.23. The van der Waals surface area contributed by atoms with Gasteiger partial charge < -0.3 is 0 Å². The van der Waals surface area contributed by atoms with Crippen molar-refractivity contribution in [3.63, 3.8) is 0 Å². The van der Waals surface area contributed by atoms with Gasteiger partial charge in [0.15, 0.2) is 5.78 Å². The molecule has 0 spiro atoms. The number of ketones is 1. The molecule has 0 saturated heterocycles. The lowest BCUT2D eigenvalue weighted by atomic mass is 10.1. The molecule has 0 aliphatic rings. The van der Waals surface area contributed by atoms with Crippen LogP contribution in [0, 0.1) is 0 Å². The van der Waals surface area contributed by atoms with Crippen molar-refractivity contribution in [2.24, 2.45) is 0 Å². The van der Waals surface area contributed by atoms with Gasteiger partial charge in [-0.3, -0.25) is 4.79 Å². The Hall–Kier alpha value is -0.850. The summed E-state index contributed by atoms with van der Waals surface area (Å²) >= 11 is 0. The Balaban J connectivity index is 3.26. The van der Waals surface area contributed by atoms with Crippen molar-refractivity contribution in [3.05, 3.63) is 24.8 Å². The second kappa shape index (κ2) is 9.24. The van der Waals surface area contributed by atoms with Crippen molar-refractivity contribution in [2.75, 3.05) is 0 Å². The van der Waals surface area contributed by atoms with Crippen LogP contribution in [0.5, 0.6) is 0 Å². The molecule has 74 valence electrons. The molecule has 0 N–H and O–H groups in total. The van der Waals surface area contributed by atoms with E-state index in [0.29, 0.717) is 6.42 Å². The predicted molar refractivity (Wildman–Crippen MR) is 57.7 cm³/mol. The third-order valence-electron chi connectivity index (χ3n) is 1.94. The van der Waals surface area contributed by atoms with Gasteiger partial charge in [0.05, 0.1) is 0 Å². The third kappa shape index (κ3) is 9.06. The van der Waals surface area contributed by atoms with Gasteiger partial charge in [0.2, 0.25) is 0 Å². The average molecular weight is 180 g/mol. The molecule has 0 heterocycles. The largest absolute Gasteiger partial charge is 0.295 e. The van der Waals surface area contributed by atoms with E-state index in [2.05, 4.69) is 13.5 Å². The molecule has 0 saturated carbocycles. The predicted octanol–water partition coefficient (Wildman–Crippen LogP) is 3.66. The lowest BCUT2D eigenvalue weighted by molar-refractivity contribution is -0.114. The van der Waals surface area contributed by atoms with Crippen molar-refractivity contribution < 1.29 is 4.79 Å². The van der Waals surface area contributed by atoms with Crippen LogP contribution in [0.1, 0.15) is 45.4 Å². The van der Waals surface area contributed by atoms with Gasteiger partial charge in [-0.1, -0.05) is 51.3 Å². The first kappa shape index (κ1) is 12.2. The van der Waals surface area contributed by atoms with E-state index < -0.39 is 0 Å². The van der Waals surface area contributed by atoms with Crippen LogP contribution in [-0.4, -0.2) is 5.78 Å². The number of allylic oxidation sites excluding steroid dienone is 3. The van der Waals surface area contributed by atoms with Crippen molar-refractivity contribution in [1.82, 2.24) is 0 Å². The molecular formula is C12H20O. The Kier molecular flexibility index (Phi) is 8.64. The molecular weight excluding hydrogens is 160 g/mol. The Labute approximate surface area is 81.5 Å². The minimum absolute atomic E-state index is 0.219. The van der Waals surface area contributed by atoms with E-state index >= 15 is 0 Å². The van der Waals surface area contributed by atoms with Crippen molar-refractivity contribution >= 4 is 5.78 Å². The van der Waals surface area contributed by atoms with E-state index in [4.69, 9.17) is 0 Å². The molecule has 0 aromatic carbocycles. The number of hydrogen-bond acceptors (Lipinski definition) is 1. The Bertz CT molecular complexity index is 168. The summed E-state index contributed by atoms with van der Waals surface area (Å²) in [6.07, 6.45) is 11.6. The Morgan fingerprint density at radius 3 is 2.54 bits per heavy atom. The minimum atomic E-state index is 0.219. The molecule has 0 unspecified atom stereocenters. The van der Waals surface area contributed by atoms with Crippen LogP contribution in [-0.2, 0) is 4.79 Å². The van der Waals surface area contributed by atoms with Crippen molar-refractivity contribution in [3.8, 4) is 0 Å². The molecule has 0 aliphatic carbocycles. The highest BCUT2D eigenvalue weighted by Gasteiger charge is 1.95. The molecule has 0 radical (unpaired) electrons. The number of carbonyl (C=O) groups is 1. The molecule has 0 atom stereocenters. The van der Waals surface area contributed by atoms with E-state index in [1.54, 1.807) is 18.2 Å². The van der Waals surface area contributed by atoms with Gasteiger partial charge in [-0.25, -0.2) is 0 Å². The van der Waals surface area contributed by atoms with Crippen LogP contribution in [0.4, 0.5) is 0 Å². The standard InChI is InChI=1S/C12H20O/c1-3-5-7-8-9-11-12(13)10-6-4-2/h4,6,10H,2-3,5,7-9,11H2,1H3/b10-6+. The van der Waals surface area contributed by atoms with Crippen LogP contribution < -0.4 is 0 Å². The summed E-state index contributed by atoms with van der Waals surface area (Å²) in [5, 5.41) is 0. The van der Waals surface area contributed by atoms with Gasteiger partial charge in [0.25, 0.3) is 0 Å². The molecule has 13 heavy (non-hydrogen) atoms. The summed E-state index contributed by atoms with van der Waals surface area (Å²) in [4.78, 5) is 11.1. The van der Waals surface area contributed by atoms with E-state index in [1.807, 2.05) is 0 Å². The lowest BCUT2D eigenvalue weighted by Gasteiger charge is -1.96. The maximum atomic E-state index is 11.1. The highest BCUT2D eigenvalue weighted by molar-refractivity contribution is 5.89. The smallest absolute Gasteiger partial charge is 0.155 e.